The molecule has 2 aromatic rings. The van der Waals surface area contributed by atoms with Gasteiger partial charge in [-0.25, -0.2) is 4.39 Å². The summed E-state index contributed by atoms with van der Waals surface area (Å²) in [5, 5.41) is 0. The lowest BCUT2D eigenvalue weighted by atomic mass is 9.75. The number of likely N-dealkylation sites (tertiary alicyclic amines) is 1. The van der Waals surface area contributed by atoms with Crippen LogP contribution in [-0.4, -0.2) is 51.6 Å². The van der Waals surface area contributed by atoms with Gasteiger partial charge in [0.1, 0.15) is 0 Å². The van der Waals surface area contributed by atoms with Crippen LogP contribution in [0.4, 0.5) is 10.1 Å². The lowest BCUT2D eigenvalue weighted by Gasteiger charge is -2.58. The van der Waals surface area contributed by atoms with E-state index in [1.165, 1.54) is 0 Å². The van der Waals surface area contributed by atoms with Crippen molar-refractivity contribution in [3.63, 3.8) is 0 Å². The molecular formula is C20H23FN4O. The Labute approximate surface area is 152 Å². The van der Waals surface area contributed by atoms with Crippen LogP contribution in [0, 0.1) is 0 Å². The van der Waals surface area contributed by atoms with Gasteiger partial charge in [-0.3, -0.25) is 14.8 Å². The average molecular weight is 354 g/mol. The van der Waals surface area contributed by atoms with Gasteiger partial charge < -0.3 is 9.80 Å². The zero-order valence-corrected chi connectivity index (χ0v) is 14.8. The van der Waals surface area contributed by atoms with Crippen molar-refractivity contribution in [2.24, 2.45) is 0 Å². The minimum atomic E-state index is -1.59. The summed E-state index contributed by atoms with van der Waals surface area (Å²) in [6, 6.07) is 6.16. The number of rotatable bonds is 2. The Bertz CT molecular complexity index is 868. The van der Waals surface area contributed by atoms with Crippen LogP contribution in [0.5, 0.6) is 0 Å². The normalized spacial score (nSPS) is 27.3. The maximum atomic E-state index is 14.6. The average Bonchev–Trinajstić information content (AvgIpc) is 2.64. The van der Waals surface area contributed by atoms with Crippen LogP contribution >= 0.6 is 0 Å². The molecule has 1 aromatic heterocycles. The van der Waals surface area contributed by atoms with E-state index in [-0.39, 0.29) is 11.4 Å². The number of alkyl halides is 1. The standard InChI is InChI=1S/C20H23FN4O/c21-20(6-1-7-20)18(26)24-11-2-5-19(14-24)8-12-25(19)15-3-4-16-17(13-15)23-10-9-22-16/h3-4,9-10,13H,1-2,5-8,11-12,14H2/t19-/m1/s1. The third-order valence-electron chi connectivity index (χ3n) is 6.51. The molecular weight excluding hydrogens is 331 g/mol. The molecule has 26 heavy (non-hydrogen) atoms. The molecule has 1 atom stereocenters. The highest BCUT2D eigenvalue weighted by atomic mass is 19.1. The van der Waals surface area contributed by atoms with E-state index in [1.54, 1.807) is 17.3 Å². The molecule has 0 unspecified atom stereocenters. The minimum Gasteiger partial charge on any atom is -0.364 e. The Balaban J connectivity index is 1.40. The van der Waals surface area contributed by atoms with E-state index in [0.29, 0.717) is 25.9 Å². The van der Waals surface area contributed by atoms with Crippen molar-refractivity contribution in [1.29, 1.82) is 0 Å². The topological polar surface area (TPSA) is 49.3 Å². The highest BCUT2D eigenvalue weighted by molar-refractivity contribution is 5.86. The zero-order valence-electron chi connectivity index (χ0n) is 14.8. The van der Waals surface area contributed by atoms with Gasteiger partial charge in [-0.05, 0) is 56.7 Å². The quantitative estimate of drug-likeness (QED) is 0.832. The molecule has 3 aliphatic rings. The van der Waals surface area contributed by atoms with Gasteiger partial charge in [0.15, 0.2) is 5.67 Å². The highest BCUT2D eigenvalue weighted by Gasteiger charge is 2.52. The van der Waals surface area contributed by atoms with Crippen molar-refractivity contribution < 1.29 is 9.18 Å². The molecule has 6 heteroatoms. The monoisotopic (exact) mass is 354 g/mol. The number of aromatic nitrogens is 2. The van der Waals surface area contributed by atoms with E-state index in [4.69, 9.17) is 0 Å². The Morgan fingerprint density at radius 2 is 1.81 bits per heavy atom. The second-order valence-corrected chi connectivity index (χ2v) is 8.00. The third-order valence-corrected chi connectivity index (χ3v) is 6.51. The number of benzene rings is 1. The fourth-order valence-electron chi connectivity index (χ4n) is 4.76. The number of hydrogen-bond acceptors (Lipinski definition) is 4. The molecule has 5 nitrogen and oxygen atoms in total. The van der Waals surface area contributed by atoms with Crippen molar-refractivity contribution in [1.82, 2.24) is 14.9 Å². The van der Waals surface area contributed by atoms with Gasteiger partial charge in [-0.15, -0.1) is 0 Å². The smallest absolute Gasteiger partial charge is 0.260 e. The summed E-state index contributed by atoms with van der Waals surface area (Å²) in [6.07, 6.45) is 8.05. The summed E-state index contributed by atoms with van der Waals surface area (Å²) in [7, 11) is 0. The Kier molecular flexibility index (Phi) is 3.46. The number of halogens is 1. The first kappa shape index (κ1) is 16.0. The maximum absolute atomic E-state index is 14.6. The minimum absolute atomic E-state index is 0.0517. The Morgan fingerprint density at radius 1 is 1.00 bits per heavy atom. The molecule has 1 aliphatic carbocycles. The van der Waals surface area contributed by atoms with Gasteiger partial charge in [-0.1, -0.05) is 0 Å². The molecule has 1 spiro atoms. The van der Waals surface area contributed by atoms with E-state index in [0.717, 1.165) is 48.9 Å². The number of nitrogens with zero attached hydrogens (tertiary/aromatic N) is 4. The van der Waals surface area contributed by atoms with Crippen LogP contribution in [0.25, 0.3) is 11.0 Å². The van der Waals surface area contributed by atoms with Crippen molar-refractivity contribution >= 4 is 22.6 Å². The summed E-state index contributed by atoms with van der Waals surface area (Å²) < 4.78 is 14.6. The number of amides is 1. The number of carbonyl (C=O) groups is 1. The second kappa shape index (κ2) is 5.63. The van der Waals surface area contributed by atoms with Crippen LogP contribution in [0.1, 0.15) is 38.5 Å². The van der Waals surface area contributed by atoms with E-state index >= 15 is 0 Å². The molecule has 0 N–H and O–H groups in total. The van der Waals surface area contributed by atoms with E-state index < -0.39 is 5.67 Å². The first-order valence-corrected chi connectivity index (χ1v) is 9.57. The van der Waals surface area contributed by atoms with Gasteiger partial charge in [-0.2, -0.15) is 0 Å². The van der Waals surface area contributed by atoms with Crippen molar-refractivity contribution in [3.05, 3.63) is 30.6 Å². The SMILES string of the molecule is O=C(N1CCC[C@@]2(CCN2c2ccc3nccnc3c2)C1)C1(F)CCC1. The molecule has 0 bridgehead atoms. The predicted molar refractivity (Wildman–Crippen MR) is 97.7 cm³/mol. The van der Waals surface area contributed by atoms with Gasteiger partial charge in [0.05, 0.1) is 16.6 Å². The fourth-order valence-corrected chi connectivity index (χ4v) is 4.76. The molecule has 0 radical (unpaired) electrons. The molecule has 136 valence electrons. The van der Waals surface area contributed by atoms with Crippen molar-refractivity contribution in [2.45, 2.75) is 49.7 Å². The molecule has 1 amide bonds. The summed E-state index contributed by atoms with van der Waals surface area (Å²) in [6.45, 7) is 2.29. The number of fused-ring (bicyclic) bond motifs is 1. The molecule has 3 heterocycles. The van der Waals surface area contributed by atoms with Crippen LogP contribution in [0.15, 0.2) is 30.6 Å². The molecule has 2 saturated heterocycles. The number of carbonyl (C=O) groups excluding carboxylic acids is 1. The zero-order chi connectivity index (χ0) is 17.8. The number of hydrogen-bond donors (Lipinski definition) is 0. The molecule has 3 fully saturated rings. The van der Waals surface area contributed by atoms with Crippen LogP contribution < -0.4 is 4.90 Å². The van der Waals surface area contributed by atoms with Crippen molar-refractivity contribution in [3.8, 4) is 0 Å². The molecule has 5 rings (SSSR count). The van der Waals surface area contributed by atoms with Gasteiger partial charge in [0, 0.05) is 37.7 Å². The Morgan fingerprint density at radius 3 is 2.50 bits per heavy atom. The lowest BCUT2D eigenvalue weighted by Crippen LogP contribution is -2.69. The van der Waals surface area contributed by atoms with E-state index in [2.05, 4.69) is 27.0 Å². The largest absolute Gasteiger partial charge is 0.364 e. The number of piperidine rings is 1. The lowest BCUT2D eigenvalue weighted by molar-refractivity contribution is -0.152. The van der Waals surface area contributed by atoms with Crippen LogP contribution in [0.2, 0.25) is 0 Å². The molecule has 2 aliphatic heterocycles. The van der Waals surface area contributed by atoms with Crippen molar-refractivity contribution in [2.75, 3.05) is 24.5 Å². The highest BCUT2D eigenvalue weighted by Crippen LogP contribution is 2.44. The first-order valence-electron chi connectivity index (χ1n) is 9.57. The van der Waals surface area contributed by atoms with E-state index in [9.17, 15) is 9.18 Å². The Hall–Kier alpha value is -2.24. The molecule has 1 aromatic carbocycles. The summed E-state index contributed by atoms with van der Waals surface area (Å²) in [5.74, 6) is -0.279. The summed E-state index contributed by atoms with van der Waals surface area (Å²) in [5.41, 5.74) is 1.25. The molecule has 1 saturated carbocycles. The fraction of sp³-hybridized carbons (Fsp3) is 0.550. The van der Waals surface area contributed by atoms with Crippen LogP contribution in [0.3, 0.4) is 0 Å². The van der Waals surface area contributed by atoms with Gasteiger partial charge in [0.25, 0.3) is 5.91 Å². The van der Waals surface area contributed by atoms with Gasteiger partial charge >= 0.3 is 0 Å². The first-order chi connectivity index (χ1) is 12.6. The number of anilines is 1. The predicted octanol–water partition coefficient (Wildman–Crippen LogP) is 3.09. The summed E-state index contributed by atoms with van der Waals surface area (Å²) >= 11 is 0. The van der Waals surface area contributed by atoms with Crippen LogP contribution in [-0.2, 0) is 4.79 Å². The maximum Gasteiger partial charge on any atom is 0.260 e. The summed E-state index contributed by atoms with van der Waals surface area (Å²) in [4.78, 5) is 25.6. The van der Waals surface area contributed by atoms with Gasteiger partial charge in [0.2, 0.25) is 0 Å². The second-order valence-electron chi connectivity index (χ2n) is 8.00. The van der Waals surface area contributed by atoms with E-state index in [1.807, 2.05) is 6.07 Å². The third kappa shape index (κ3) is 2.31.